The van der Waals surface area contributed by atoms with Gasteiger partial charge in [-0.2, -0.15) is 0 Å². The molecule has 1 saturated carbocycles. The fourth-order valence-corrected chi connectivity index (χ4v) is 4.07. The Morgan fingerprint density at radius 3 is 2.68 bits per heavy atom. The van der Waals surface area contributed by atoms with E-state index in [1.807, 2.05) is 12.1 Å². The summed E-state index contributed by atoms with van der Waals surface area (Å²) in [7, 11) is 0. The van der Waals surface area contributed by atoms with Gasteiger partial charge in [-0.15, -0.1) is 0 Å². The van der Waals surface area contributed by atoms with Gasteiger partial charge in [0.05, 0.1) is 28.4 Å². The second-order valence-corrected chi connectivity index (χ2v) is 8.59. The Morgan fingerprint density at radius 1 is 1.23 bits per heavy atom. The van der Waals surface area contributed by atoms with Crippen LogP contribution in [0.3, 0.4) is 0 Å². The number of furan rings is 1. The number of nitrogens with zero attached hydrogens (tertiary/aromatic N) is 4. The molecule has 0 bridgehead atoms. The number of nitrogens with two attached hydrogens (primary N) is 1. The number of carbonyl (C=O) groups is 1. The first-order chi connectivity index (χ1) is 15.0. The molecule has 0 aromatic carbocycles. The van der Waals surface area contributed by atoms with Gasteiger partial charge in [-0.05, 0) is 51.7 Å². The van der Waals surface area contributed by atoms with Crippen LogP contribution >= 0.6 is 0 Å². The van der Waals surface area contributed by atoms with Crippen molar-refractivity contribution in [3.05, 3.63) is 41.7 Å². The average Bonchev–Trinajstić information content (AvgIpc) is 3.44. The van der Waals surface area contributed by atoms with Gasteiger partial charge in [0.1, 0.15) is 12.1 Å². The number of anilines is 2. The molecule has 9 nitrogen and oxygen atoms in total. The molecular formula is C22H26N6O3. The number of hydrazine groups is 1. The molecule has 1 aliphatic heterocycles. The van der Waals surface area contributed by atoms with Crippen LogP contribution in [0.4, 0.5) is 11.5 Å². The summed E-state index contributed by atoms with van der Waals surface area (Å²) in [5.74, 6) is 7.43. The molecule has 3 N–H and O–H groups in total. The lowest BCUT2D eigenvalue weighted by Crippen LogP contribution is -2.42. The molecule has 2 fully saturated rings. The Balaban J connectivity index is 1.42. The molecule has 3 aromatic heterocycles. The van der Waals surface area contributed by atoms with Gasteiger partial charge in [-0.25, -0.2) is 15.8 Å². The summed E-state index contributed by atoms with van der Waals surface area (Å²) in [6.45, 7) is 5.34. The SMILES string of the molecule is Cc1oc2ncnc(N(N)C3(C)CC3)c2c1C(=O)Nc1ccc(C2CCOCC2)nc1. The minimum Gasteiger partial charge on any atom is -0.442 e. The smallest absolute Gasteiger partial charge is 0.260 e. The molecule has 0 radical (unpaired) electrons. The van der Waals surface area contributed by atoms with Gasteiger partial charge in [0.2, 0.25) is 5.71 Å². The number of aromatic nitrogens is 3. The summed E-state index contributed by atoms with van der Waals surface area (Å²) in [5, 5.41) is 5.09. The first kappa shape index (κ1) is 19.9. The van der Waals surface area contributed by atoms with Gasteiger partial charge in [-0.3, -0.25) is 14.8 Å². The topological polar surface area (TPSA) is 119 Å². The minimum atomic E-state index is -0.303. The Kier molecular flexibility index (Phi) is 4.86. The van der Waals surface area contributed by atoms with Crippen LogP contribution in [0, 0.1) is 6.92 Å². The van der Waals surface area contributed by atoms with E-state index in [4.69, 9.17) is 15.0 Å². The van der Waals surface area contributed by atoms with Crippen molar-refractivity contribution in [2.45, 2.75) is 51.0 Å². The van der Waals surface area contributed by atoms with Crippen LogP contribution in [0.15, 0.2) is 29.1 Å². The summed E-state index contributed by atoms with van der Waals surface area (Å²) in [6, 6.07) is 3.85. The van der Waals surface area contributed by atoms with Crippen molar-refractivity contribution in [1.82, 2.24) is 15.0 Å². The number of amides is 1. The number of pyridine rings is 1. The van der Waals surface area contributed by atoms with Crippen molar-refractivity contribution in [1.29, 1.82) is 0 Å². The maximum absolute atomic E-state index is 13.2. The van der Waals surface area contributed by atoms with Crippen LogP contribution in [0.2, 0.25) is 0 Å². The van der Waals surface area contributed by atoms with Gasteiger partial charge >= 0.3 is 0 Å². The van der Waals surface area contributed by atoms with E-state index in [0.717, 1.165) is 44.6 Å². The maximum atomic E-state index is 13.2. The van der Waals surface area contributed by atoms with Gasteiger partial charge in [-0.1, -0.05) is 0 Å². The number of aryl methyl sites for hydroxylation is 1. The normalized spacial score (nSPS) is 18.2. The van der Waals surface area contributed by atoms with Crippen molar-refractivity contribution in [3.63, 3.8) is 0 Å². The first-order valence-corrected chi connectivity index (χ1v) is 10.6. The number of rotatable bonds is 5. The molecule has 1 amide bonds. The summed E-state index contributed by atoms with van der Waals surface area (Å²) < 4.78 is 11.2. The highest BCUT2D eigenvalue weighted by Gasteiger charge is 2.44. The Hall–Kier alpha value is -3.04. The molecule has 9 heteroatoms. The molecule has 162 valence electrons. The molecule has 5 rings (SSSR count). The Morgan fingerprint density at radius 2 is 2.00 bits per heavy atom. The second kappa shape index (κ2) is 7.58. The third-order valence-electron chi connectivity index (χ3n) is 6.34. The van der Waals surface area contributed by atoms with Crippen LogP contribution in [-0.4, -0.2) is 39.6 Å². The predicted molar refractivity (Wildman–Crippen MR) is 116 cm³/mol. The van der Waals surface area contributed by atoms with Gasteiger partial charge in [0, 0.05) is 24.8 Å². The monoisotopic (exact) mass is 422 g/mol. The van der Waals surface area contributed by atoms with Crippen molar-refractivity contribution in [2.24, 2.45) is 5.84 Å². The Labute approximate surface area is 180 Å². The molecule has 0 unspecified atom stereocenters. The van der Waals surface area contributed by atoms with Crippen LogP contribution in [0.1, 0.15) is 60.3 Å². The average molecular weight is 422 g/mol. The van der Waals surface area contributed by atoms with E-state index in [1.54, 1.807) is 18.1 Å². The van der Waals surface area contributed by atoms with Crippen LogP contribution in [0.5, 0.6) is 0 Å². The summed E-state index contributed by atoms with van der Waals surface area (Å²) in [5.41, 5.74) is 2.22. The summed E-state index contributed by atoms with van der Waals surface area (Å²) in [4.78, 5) is 26.3. The largest absolute Gasteiger partial charge is 0.442 e. The van der Waals surface area contributed by atoms with Crippen molar-refractivity contribution in [3.8, 4) is 0 Å². The van der Waals surface area contributed by atoms with Crippen LogP contribution in [0.25, 0.3) is 11.1 Å². The van der Waals surface area contributed by atoms with E-state index in [0.29, 0.717) is 39.8 Å². The highest BCUT2D eigenvalue weighted by molar-refractivity contribution is 6.15. The van der Waals surface area contributed by atoms with Crippen LogP contribution in [-0.2, 0) is 4.74 Å². The van der Waals surface area contributed by atoms with E-state index in [9.17, 15) is 4.79 Å². The molecule has 1 aliphatic carbocycles. The molecule has 3 aromatic rings. The molecule has 2 aliphatic rings. The standard InChI is InChI=1S/C22H26N6O3/c1-13-17(18-19(25-12-26-21(18)31-13)28(23)22(2)7-8-22)20(29)27-15-3-4-16(24-11-15)14-5-9-30-10-6-14/h3-4,11-12,14H,5-10,23H2,1-2H3,(H,27,29). The zero-order chi connectivity index (χ0) is 21.6. The van der Waals surface area contributed by atoms with E-state index >= 15 is 0 Å². The van der Waals surface area contributed by atoms with E-state index < -0.39 is 0 Å². The molecule has 0 atom stereocenters. The van der Waals surface area contributed by atoms with Crippen molar-refractivity contribution < 1.29 is 13.9 Å². The summed E-state index contributed by atoms with van der Waals surface area (Å²) >= 11 is 0. The molecule has 1 saturated heterocycles. The van der Waals surface area contributed by atoms with E-state index in [1.165, 1.54) is 6.33 Å². The third-order valence-corrected chi connectivity index (χ3v) is 6.34. The minimum absolute atomic E-state index is 0.163. The highest BCUT2D eigenvalue weighted by Crippen LogP contribution is 2.43. The fourth-order valence-electron chi connectivity index (χ4n) is 4.07. The van der Waals surface area contributed by atoms with Crippen molar-refractivity contribution in [2.75, 3.05) is 23.5 Å². The van der Waals surface area contributed by atoms with Gasteiger partial charge in [0.25, 0.3) is 5.91 Å². The number of carbonyl (C=O) groups excluding carboxylic acids is 1. The lowest BCUT2D eigenvalue weighted by atomic mass is 9.96. The lowest BCUT2D eigenvalue weighted by molar-refractivity contribution is 0.0845. The zero-order valence-electron chi connectivity index (χ0n) is 17.7. The van der Waals surface area contributed by atoms with E-state index in [2.05, 4.69) is 27.2 Å². The number of hydrogen-bond donors (Lipinski definition) is 2. The predicted octanol–water partition coefficient (Wildman–Crippen LogP) is 3.31. The molecule has 0 spiro atoms. The number of ether oxygens (including phenoxy) is 1. The van der Waals surface area contributed by atoms with E-state index in [-0.39, 0.29) is 11.4 Å². The fraction of sp³-hybridized carbons (Fsp3) is 0.455. The molecule has 4 heterocycles. The quantitative estimate of drug-likeness (QED) is 0.475. The van der Waals surface area contributed by atoms with Crippen molar-refractivity contribution >= 4 is 28.5 Å². The number of nitrogens with one attached hydrogen (secondary N) is 1. The molecular weight excluding hydrogens is 396 g/mol. The lowest BCUT2D eigenvalue weighted by Gasteiger charge is -2.25. The highest BCUT2D eigenvalue weighted by atomic mass is 16.5. The maximum Gasteiger partial charge on any atom is 0.260 e. The summed E-state index contributed by atoms with van der Waals surface area (Å²) in [6.07, 6.45) is 6.98. The van der Waals surface area contributed by atoms with Gasteiger partial charge in [0.15, 0.2) is 5.82 Å². The van der Waals surface area contributed by atoms with Gasteiger partial charge < -0.3 is 14.5 Å². The first-order valence-electron chi connectivity index (χ1n) is 10.6. The van der Waals surface area contributed by atoms with Crippen LogP contribution < -0.4 is 16.2 Å². The number of hydrogen-bond acceptors (Lipinski definition) is 8. The third kappa shape index (κ3) is 3.64. The second-order valence-electron chi connectivity index (χ2n) is 8.59. The number of fused-ring (bicyclic) bond motifs is 1. The Bertz CT molecular complexity index is 1120. The zero-order valence-corrected chi connectivity index (χ0v) is 17.7. The molecule has 31 heavy (non-hydrogen) atoms.